The summed E-state index contributed by atoms with van der Waals surface area (Å²) in [5.74, 6) is 2.13. The van der Waals surface area contributed by atoms with E-state index in [9.17, 15) is 0 Å². The molecule has 1 rings (SSSR count). The Morgan fingerprint density at radius 2 is 2.09 bits per heavy atom. The van der Waals surface area contributed by atoms with Crippen molar-refractivity contribution in [1.82, 2.24) is 0 Å². The highest BCUT2D eigenvalue weighted by molar-refractivity contribution is 7.99. The summed E-state index contributed by atoms with van der Waals surface area (Å²) >= 11 is 1.98. The predicted molar refractivity (Wildman–Crippen MR) is 52.9 cm³/mol. The number of nitrogens with two attached hydrogens (primary N) is 1. The molecule has 0 aromatic rings. The Bertz CT molecular complexity index is 110. The van der Waals surface area contributed by atoms with Gasteiger partial charge < -0.3 is 5.73 Å². The van der Waals surface area contributed by atoms with E-state index in [4.69, 9.17) is 5.73 Å². The van der Waals surface area contributed by atoms with Crippen LogP contribution in [0.4, 0.5) is 0 Å². The summed E-state index contributed by atoms with van der Waals surface area (Å²) in [4.78, 5) is 0. The van der Waals surface area contributed by atoms with Crippen LogP contribution in [-0.2, 0) is 0 Å². The minimum atomic E-state index is 0.454. The van der Waals surface area contributed by atoms with Crippen molar-refractivity contribution in [2.45, 2.75) is 44.4 Å². The smallest absolute Gasteiger partial charge is 0.0133 e. The maximum Gasteiger partial charge on any atom is 0.0133 e. The summed E-state index contributed by atoms with van der Waals surface area (Å²) in [5, 5.41) is 0.736. The molecule has 1 atom stereocenters. The van der Waals surface area contributed by atoms with Crippen LogP contribution < -0.4 is 5.73 Å². The summed E-state index contributed by atoms with van der Waals surface area (Å²) in [5.41, 5.74) is 5.94. The third-order valence-electron chi connectivity index (χ3n) is 1.98. The van der Waals surface area contributed by atoms with Gasteiger partial charge in [-0.2, -0.15) is 11.8 Å². The highest BCUT2D eigenvalue weighted by Crippen LogP contribution is 2.33. The molecule has 0 bridgehead atoms. The third kappa shape index (κ3) is 4.70. The minimum Gasteiger partial charge on any atom is -0.327 e. The van der Waals surface area contributed by atoms with E-state index in [2.05, 4.69) is 13.8 Å². The Morgan fingerprint density at radius 3 is 2.55 bits per heavy atom. The van der Waals surface area contributed by atoms with Crippen molar-refractivity contribution in [2.24, 2.45) is 11.7 Å². The number of hydrogen-bond acceptors (Lipinski definition) is 2. The Balaban J connectivity index is 1.95. The van der Waals surface area contributed by atoms with Crippen molar-refractivity contribution < 1.29 is 0 Å². The van der Waals surface area contributed by atoms with Crippen LogP contribution in [0.25, 0.3) is 0 Å². The topological polar surface area (TPSA) is 26.0 Å². The molecular weight excluding hydrogens is 154 g/mol. The first kappa shape index (κ1) is 9.40. The molecule has 2 N–H and O–H groups in total. The number of thioether (sulfide) groups is 1. The van der Waals surface area contributed by atoms with Gasteiger partial charge in [-0.15, -0.1) is 0 Å². The van der Waals surface area contributed by atoms with Crippen molar-refractivity contribution in [1.29, 1.82) is 0 Å². The molecule has 1 aliphatic carbocycles. The van der Waals surface area contributed by atoms with Gasteiger partial charge in [0, 0.05) is 11.8 Å². The van der Waals surface area contributed by atoms with E-state index < -0.39 is 0 Å². The number of rotatable bonds is 5. The van der Waals surface area contributed by atoms with Gasteiger partial charge in [0.05, 0.1) is 0 Å². The molecule has 0 heterocycles. The molecule has 1 saturated carbocycles. The highest BCUT2D eigenvalue weighted by atomic mass is 32.2. The Labute approximate surface area is 74.1 Å². The fourth-order valence-corrected chi connectivity index (χ4v) is 1.93. The van der Waals surface area contributed by atoms with Gasteiger partial charge in [-0.05, 0) is 17.6 Å². The van der Waals surface area contributed by atoms with Crippen LogP contribution in [0.2, 0.25) is 0 Å². The first-order valence-corrected chi connectivity index (χ1v) is 5.60. The molecule has 66 valence electrons. The van der Waals surface area contributed by atoms with E-state index >= 15 is 0 Å². The predicted octanol–water partition coefficient (Wildman–Crippen LogP) is 2.26. The largest absolute Gasteiger partial charge is 0.327 e. The van der Waals surface area contributed by atoms with Crippen molar-refractivity contribution in [3.8, 4) is 0 Å². The zero-order valence-electron chi connectivity index (χ0n) is 7.55. The number of hydrogen-bond donors (Lipinski definition) is 1. The van der Waals surface area contributed by atoms with E-state index in [1.807, 2.05) is 11.8 Å². The molecule has 11 heavy (non-hydrogen) atoms. The van der Waals surface area contributed by atoms with Crippen LogP contribution in [0.15, 0.2) is 0 Å². The zero-order valence-corrected chi connectivity index (χ0v) is 8.36. The lowest BCUT2D eigenvalue weighted by Crippen LogP contribution is -2.24. The molecule has 1 unspecified atom stereocenters. The quantitative estimate of drug-likeness (QED) is 0.690. The van der Waals surface area contributed by atoms with Crippen LogP contribution in [0.1, 0.15) is 33.1 Å². The minimum absolute atomic E-state index is 0.454. The monoisotopic (exact) mass is 173 g/mol. The maximum absolute atomic E-state index is 5.94. The lowest BCUT2D eigenvalue weighted by atomic mass is 10.2. The van der Waals surface area contributed by atoms with Gasteiger partial charge >= 0.3 is 0 Å². The zero-order chi connectivity index (χ0) is 8.27. The summed E-state index contributed by atoms with van der Waals surface area (Å²) in [6, 6.07) is 0.454. The maximum atomic E-state index is 5.94. The molecule has 0 aliphatic heterocycles. The Morgan fingerprint density at radius 1 is 1.45 bits per heavy atom. The van der Waals surface area contributed by atoms with Crippen molar-refractivity contribution in [3.05, 3.63) is 0 Å². The molecular formula is C9H19NS. The second-order valence-electron chi connectivity index (χ2n) is 3.82. The summed E-state index contributed by atoms with van der Waals surface area (Å²) < 4.78 is 0. The molecule has 0 radical (unpaired) electrons. The fraction of sp³-hybridized carbons (Fsp3) is 1.00. The normalized spacial score (nSPS) is 20.7. The SMILES string of the molecule is CC(C)SCC(N)CC1CC1. The van der Waals surface area contributed by atoms with Gasteiger partial charge in [-0.25, -0.2) is 0 Å². The lowest BCUT2D eigenvalue weighted by Gasteiger charge is -2.11. The second kappa shape index (κ2) is 4.36. The van der Waals surface area contributed by atoms with Crippen LogP contribution in [-0.4, -0.2) is 17.0 Å². The van der Waals surface area contributed by atoms with E-state index in [0.29, 0.717) is 6.04 Å². The first-order valence-electron chi connectivity index (χ1n) is 4.55. The highest BCUT2D eigenvalue weighted by Gasteiger charge is 2.23. The molecule has 2 heteroatoms. The average Bonchev–Trinajstić information content (AvgIpc) is 2.67. The summed E-state index contributed by atoms with van der Waals surface area (Å²) in [7, 11) is 0. The van der Waals surface area contributed by atoms with Crippen LogP contribution >= 0.6 is 11.8 Å². The summed E-state index contributed by atoms with van der Waals surface area (Å²) in [6.07, 6.45) is 4.12. The molecule has 1 nitrogen and oxygen atoms in total. The Hall–Kier alpha value is 0.310. The van der Waals surface area contributed by atoms with Gasteiger partial charge in [0.1, 0.15) is 0 Å². The van der Waals surface area contributed by atoms with Crippen LogP contribution in [0.5, 0.6) is 0 Å². The van der Waals surface area contributed by atoms with Gasteiger partial charge in [0.15, 0.2) is 0 Å². The standard InChI is InChI=1S/C9H19NS/c1-7(2)11-6-9(10)5-8-3-4-8/h7-9H,3-6,10H2,1-2H3. The Kier molecular flexibility index (Phi) is 3.73. The fourth-order valence-electron chi connectivity index (χ4n) is 1.17. The summed E-state index contributed by atoms with van der Waals surface area (Å²) in [6.45, 7) is 4.46. The van der Waals surface area contributed by atoms with Gasteiger partial charge in [0.25, 0.3) is 0 Å². The second-order valence-corrected chi connectivity index (χ2v) is 5.43. The van der Waals surface area contributed by atoms with Gasteiger partial charge in [-0.1, -0.05) is 26.7 Å². The molecule has 1 aliphatic rings. The molecule has 0 aromatic heterocycles. The molecule has 0 aromatic carbocycles. The van der Waals surface area contributed by atoms with Gasteiger partial charge in [0.2, 0.25) is 0 Å². The van der Waals surface area contributed by atoms with E-state index in [1.54, 1.807) is 0 Å². The van der Waals surface area contributed by atoms with E-state index in [-0.39, 0.29) is 0 Å². The molecule has 0 saturated heterocycles. The van der Waals surface area contributed by atoms with Crippen molar-refractivity contribution in [3.63, 3.8) is 0 Å². The lowest BCUT2D eigenvalue weighted by molar-refractivity contribution is 0.616. The van der Waals surface area contributed by atoms with E-state index in [1.165, 1.54) is 19.3 Å². The van der Waals surface area contributed by atoms with Crippen LogP contribution in [0, 0.1) is 5.92 Å². The van der Waals surface area contributed by atoms with Crippen molar-refractivity contribution in [2.75, 3.05) is 5.75 Å². The molecule has 0 amide bonds. The van der Waals surface area contributed by atoms with Crippen molar-refractivity contribution >= 4 is 11.8 Å². The molecule has 0 spiro atoms. The third-order valence-corrected chi connectivity index (χ3v) is 3.26. The van der Waals surface area contributed by atoms with E-state index in [0.717, 1.165) is 16.9 Å². The molecule has 1 fully saturated rings. The first-order chi connectivity index (χ1) is 5.18. The van der Waals surface area contributed by atoms with Gasteiger partial charge in [-0.3, -0.25) is 0 Å². The average molecular weight is 173 g/mol. The van der Waals surface area contributed by atoms with Crippen LogP contribution in [0.3, 0.4) is 0 Å².